The average Bonchev–Trinajstić information content (AvgIpc) is 3.00. The zero-order valence-corrected chi connectivity index (χ0v) is 12.1. The Morgan fingerprint density at radius 3 is 3.00 bits per heavy atom. The highest BCUT2D eigenvalue weighted by atomic mass is 16.5. The fourth-order valence-corrected chi connectivity index (χ4v) is 4.65. The summed E-state index contributed by atoms with van der Waals surface area (Å²) in [6, 6.07) is 9.38. The predicted molar refractivity (Wildman–Crippen MR) is 80.7 cm³/mol. The van der Waals surface area contributed by atoms with E-state index in [0.717, 1.165) is 30.8 Å². The molecule has 0 spiro atoms. The Morgan fingerprint density at radius 2 is 2.15 bits per heavy atom. The molecule has 5 unspecified atom stereocenters. The number of hydrogen-bond donors (Lipinski definition) is 1. The molecule has 1 aromatic rings. The normalized spacial score (nSPS) is 36.2. The summed E-state index contributed by atoms with van der Waals surface area (Å²) in [5.74, 6) is 2.36. The zero-order valence-electron chi connectivity index (χ0n) is 12.1. The van der Waals surface area contributed by atoms with E-state index < -0.39 is 0 Å². The van der Waals surface area contributed by atoms with Crippen molar-refractivity contribution in [3.05, 3.63) is 35.4 Å². The summed E-state index contributed by atoms with van der Waals surface area (Å²) in [6.07, 6.45) is 7.89. The van der Waals surface area contributed by atoms with Gasteiger partial charge in [0.25, 0.3) is 0 Å². The first-order valence-electron chi connectivity index (χ1n) is 8.29. The third-order valence-corrected chi connectivity index (χ3v) is 5.73. The van der Waals surface area contributed by atoms with Crippen molar-refractivity contribution in [3.63, 3.8) is 0 Å². The van der Waals surface area contributed by atoms with Crippen molar-refractivity contribution in [1.29, 1.82) is 0 Å². The van der Waals surface area contributed by atoms with Crippen molar-refractivity contribution in [2.75, 3.05) is 6.61 Å². The van der Waals surface area contributed by atoms with Crippen LogP contribution in [0.3, 0.4) is 0 Å². The molecule has 2 fully saturated rings. The molecule has 0 amide bonds. The Hall–Kier alpha value is -0.860. The van der Waals surface area contributed by atoms with Crippen molar-refractivity contribution >= 4 is 0 Å². The lowest BCUT2D eigenvalue weighted by Crippen LogP contribution is -2.25. The Kier molecular flexibility index (Phi) is 3.31. The third-order valence-electron chi connectivity index (χ3n) is 5.73. The summed E-state index contributed by atoms with van der Waals surface area (Å²) in [5, 5.41) is 0. The predicted octanol–water partition coefficient (Wildman–Crippen LogP) is 3.25. The summed E-state index contributed by atoms with van der Waals surface area (Å²) in [7, 11) is 0. The lowest BCUT2D eigenvalue weighted by Gasteiger charge is -2.15. The molecule has 4 rings (SSSR count). The second kappa shape index (κ2) is 5.16. The molecule has 108 valence electrons. The maximum absolute atomic E-state index is 6.52. The van der Waals surface area contributed by atoms with Gasteiger partial charge in [-0.3, -0.25) is 0 Å². The van der Waals surface area contributed by atoms with Gasteiger partial charge in [-0.15, -0.1) is 0 Å². The van der Waals surface area contributed by atoms with E-state index in [0.29, 0.717) is 12.1 Å². The highest BCUT2D eigenvalue weighted by Crippen LogP contribution is 2.61. The fraction of sp³-hybridized carbons (Fsp3) is 0.667. The summed E-state index contributed by atoms with van der Waals surface area (Å²) in [6.45, 7) is 0.960. The van der Waals surface area contributed by atoms with Crippen LogP contribution in [0.15, 0.2) is 24.3 Å². The zero-order chi connectivity index (χ0) is 13.5. The second-order valence-electron chi connectivity index (χ2n) is 6.88. The van der Waals surface area contributed by atoms with Gasteiger partial charge in [0.15, 0.2) is 0 Å². The molecule has 1 aromatic carbocycles. The standard InChI is InChI=1S/C18H25NO/c19-16(10-8-13-5-3-11-20-13)18-15-9-7-12-4-1-2-6-14(12)17(15)18/h1-2,4,6,13,15-18H,3,5,7-11,19H2. The van der Waals surface area contributed by atoms with E-state index in [-0.39, 0.29) is 0 Å². The van der Waals surface area contributed by atoms with Gasteiger partial charge in [-0.2, -0.15) is 0 Å². The quantitative estimate of drug-likeness (QED) is 0.912. The molecule has 0 bridgehead atoms. The molecular weight excluding hydrogens is 246 g/mol. The summed E-state index contributed by atoms with van der Waals surface area (Å²) in [5.41, 5.74) is 9.69. The maximum Gasteiger partial charge on any atom is 0.0576 e. The monoisotopic (exact) mass is 271 g/mol. The molecule has 2 aliphatic carbocycles. The molecule has 1 heterocycles. The molecule has 3 aliphatic rings. The van der Waals surface area contributed by atoms with Crippen molar-refractivity contribution in [1.82, 2.24) is 0 Å². The van der Waals surface area contributed by atoms with Crippen LogP contribution in [-0.2, 0) is 11.2 Å². The molecule has 20 heavy (non-hydrogen) atoms. The minimum absolute atomic E-state index is 0.375. The van der Waals surface area contributed by atoms with E-state index in [1.54, 1.807) is 11.1 Å². The Morgan fingerprint density at radius 1 is 1.25 bits per heavy atom. The van der Waals surface area contributed by atoms with Crippen molar-refractivity contribution in [3.8, 4) is 0 Å². The smallest absolute Gasteiger partial charge is 0.0576 e. The molecule has 1 aliphatic heterocycles. The van der Waals surface area contributed by atoms with Gasteiger partial charge >= 0.3 is 0 Å². The van der Waals surface area contributed by atoms with Crippen molar-refractivity contribution in [2.24, 2.45) is 17.6 Å². The number of hydrogen-bond acceptors (Lipinski definition) is 2. The molecule has 5 atom stereocenters. The first kappa shape index (κ1) is 12.8. The topological polar surface area (TPSA) is 35.2 Å². The largest absolute Gasteiger partial charge is 0.378 e. The van der Waals surface area contributed by atoms with Gasteiger partial charge in [0.2, 0.25) is 0 Å². The molecule has 2 heteroatoms. The Bertz CT molecular complexity index is 480. The number of rotatable bonds is 4. The van der Waals surface area contributed by atoms with Gasteiger partial charge in [0.05, 0.1) is 6.10 Å². The summed E-state index contributed by atoms with van der Waals surface area (Å²) in [4.78, 5) is 0. The van der Waals surface area contributed by atoms with E-state index >= 15 is 0 Å². The number of ether oxygens (including phenoxy) is 1. The van der Waals surface area contributed by atoms with Crippen molar-refractivity contribution in [2.45, 2.75) is 56.6 Å². The van der Waals surface area contributed by atoms with Gasteiger partial charge in [-0.05, 0) is 67.4 Å². The highest BCUT2D eigenvalue weighted by Gasteiger charge is 2.55. The maximum atomic E-state index is 6.52. The number of nitrogens with two attached hydrogens (primary N) is 1. The first-order valence-corrected chi connectivity index (χ1v) is 8.29. The van der Waals surface area contributed by atoms with Crippen LogP contribution >= 0.6 is 0 Å². The fourth-order valence-electron chi connectivity index (χ4n) is 4.65. The molecule has 1 saturated heterocycles. The second-order valence-corrected chi connectivity index (χ2v) is 6.88. The van der Waals surface area contributed by atoms with Gasteiger partial charge in [0.1, 0.15) is 0 Å². The highest BCUT2D eigenvalue weighted by molar-refractivity contribution is 5.39. The summed E-state index contributed by atoms with van der Waals surface area (Å²) >= 11 is 0. The van der Waals surface area contributed by atoms with Crippen molar-refractivity contribution < 1.29 is 4.74 Å². The first-order chi connectivity index (χ1) is 9.84. The van der Waals surface area contributed by atoms with E-state index in [9.17, 15) is 0 Å². The third kappa shape index (κ3) is 2.19. The molecule has 2 N–H and O–H groups in total. The van der Waals surface area contributed by atoms with Gasteiger partial charge < -0.3 is 10.5 Å². The van der Waals surface area contributed by atoms with Gasteiger partial charge in [-0.25, -0.2) is 0 Å². The van der Waals surface area contributed by atoms with Crippen LogP contribution in [0.25, 0.3) is 0 Å². The van der Waals surface area contributed by atoms with E-state index in [1.165, 1.54) is 32.1 Å². The van der Waals surface area contributed by atoms with E-state index in [1.807, 2.05) is 0 Å². The Balaban J connectivity index is 1.39. The number of aryl methyl sites for hydroxylation is 1. The van der Waals surface area contributed by atoms with Gasteiger partial charge in [-0.1, -0.05) is 24.3 Å². The van der Waals surface area contributed by atoms with Crippen LogP contribution in [0.4, 0.5) is 0 Å². The minimum atomic E-state index is 0.375. The average molecular weight is 271 g/mol. The Labute approximate surface area is 121 Å². The SMILES string of the molecule is NC(CCC1CCCO1)C1C2CCc3ccccc3C21. The molecule has 1 saturated carbocycles. The van der Waals surface area contributed by atoms with E-state index in [4.69, 9.17) is 10.5 Å². The lowest BCUT2D eigenvalue weighted by molar-refractivity contribution is 0.0999. The molecular formula is C18H25NO. The number of benzene rings is 1. The molecule has 0 aromatic heterocycles. The van der Waals surface area contributed by atoms with Crippen LogP contribution < -0.4 is 5.73 Å². The summed E-state index contributed by atoms with van der Waals surface area (Å²) < 4.78 is 5.72. The molecule has 2 nitrogen and oxygen atoms in total. The van der Waals surface area contributed by atoms with Crippen LogP contribution in [0.5, 0.6) is 0 Å². The lowest BCUT2D eigenvalue weighted by atomic mass is 9.92. The van der Waals surface area contributed by atoms with Gasteiger partial charge in [0, 0.05) is 12.6 Å². The molecule has 0 radical (unpaired) electrons. The number of fused-ring (bicyclic) bond motifs is 3. The van der Waals surface area contributed by atoms with Crippen LogP contribution in [-0.4, -0.2) is 18.8 Å². The van der Waals surface area contributed by atoms with Crippen LogP contribution in [0.2, 0.25) is 0 Å². The minimum Gasteiger partial charge on any atom is -0.378 e. The van der Waals surface area contributed by atoms with E-state index in [2.05, 4.69) is 24.3 Å². The van der Waals surface area contributed by atoms with Crippen LogP contribution in [0, 0.1) is 11.8 Å². The van der Waals surface area contributed by atoms with Crippen LogP contribution in [0.1, 0.15) is 49.1 Å².